The summed E-state index contributed by atoms with van der Waals surface area (Å²) in [5.74, 6) is 1.08. The standard InChI is InChI=1S/C16H23N3/c1-10-7-11(2)15(12(3)8-10)16-13(4)19(6)14(18-16)9-17-5/h7-8,17H,9H2,1-6H3. The molecule has 0 aliphatic carbocycles. The molecule has 3 nitrogen and oxygen atoms in total. The molecular weight excluding hydrogens is 234 g/mol. The van der Waals surface area contributed by atoms with E-state index in [0.717, 1.165) is 18.1 Å². The molecule has 1 aromatic heterocycles. The van der Waals surface area contributed by atoms with Gasteiger partial charge in [-0.2, -0.15) is 0 Å². The number of imidazole rings is 1. The van der Waals surface area contributed by atoms with Crippen LogP contribution < -0.4 is 5.32 Å². The highest BCUT2D eigenvalue weighted by Crippen LogP contribution is 2.30. The lowest BCUT2D eigenvalue weighted by Crippen LogP contribution is -2.10. The molecule has 0 unspecified atom stereocenters. The molecule has 0 amide bonds. The second-order valence-electron chi connectivity index (χ2n) is 5.33. The zero-order valence-electron chi connectivity index (χ0n) is 12.8. The first-order valence-electron chi connectivity index (χ1n) is 6.70. The van der Waals surface area contributed by atoms with Crippen LogP contribution in [0.25, 0.3) is 11.3 Å². The van der Waals surface area contributed by atoms with Crippen LogP contribution in [0.5, 0.6) is 0 Å². The van der Waals surface area contributed by atoms with Crippen LogP contribution >= 0.6 is 0 Å². The fourth-order valence-electron chi connectivity index (χ4n) is 2.74. The minimum atomic E-state index is 0.793. The van der Waals surface area contributed by atoms with Gasteiger partial charge in [-0.15, -0.1) is 0 Å². The molecule has 2 rings (SSSR count). The fourth-order valence-corrected chi connectivity index (χ4v) is 2.74. The molecule has 19 heavy (non-hydrogen) atoms. The van der Waals surface area contributed by atoms with Crippen LogP contribution in [-0.4, -0.2) is 16.6 Å². The normalized spacial score (nSPS) is 11.1. The van der Waals surface area contributed by atoms with E-state index < -0.39 is 0 Å². The predicted molar refractivity (Wildman–Crippen MR) is 80.4 cm³/mol. The van der Waals surface area contributed by atoms with E-state index in [9.17, 15) is 0 Å². The molecule has 0 radical (unpaired) electrons. The van der Waals surface area contributed by atoms with Gasteiger partial charge in [0.15, 0.2) is 0 Å². The summed E-state index contributed by atoms with van der Waals surface area (Å²) in [7, 11) is 4.03. The number of rotatable bonds is 3. The largest absolute Gasteiger partial charge is 0.334 e. The number of nitrogens with one attached hydrogen (secondary N) is 1. The molecule has 0 saturated heterocycles. The third-order valence-corrected chi connectivity index (χ3v) is 3.72. The maximum Gasteiger partial charge on any atom is 0.123 e. The molecule has 1 aromatic carbocycles. The van der Waals surface area contributed by atoms with Crippen LogP contribution in [0.4, 0.5) is 0 Å². The van der Waals surface area contributed by atoms with Gasteiger partial charge >= 0.3 is 0 Å². The van der Waals surface area contributed by atoms with Gasteiger partial charge in [0.05, 0.1) is 12.2 Å². The molecular formula is C16H23N3. The van der Waals surface area contributed by atoms with E-state index in [1.54, 1.807) is 0 Å². The van der Waals surface area contributed by atoms with Crippen molar-refractivity contribution in [3.63, 3.8) is 0 Å². The molecule has 0 bridgehead atoms. The summed E-state index contributed by atoms with van der Waals surface area (Å²) in [6.07, 6.45) is 0. The molecule has 0 saturated carbocycles. The quantitative estimate of drug-likeness (QED) is 0.916. The summed E-state index contributed by atoms with van der Waals surface area (Å²) in [4.78, 5) is 4.82. The van der Waals surface area contributed by atoms with Crippen LogP contribution in [0, 0.1) is 27.7 Å². The summed E-state index contributed by atoms with van der Waals surface area (Å²) in [6, 6.07) is 4.46. The Morgan fingerprint density at radius 3 is 2.21 bits per heavy atom. The summed E-state index contributed by atoms with van der Waals surface area (Å²) >= 11 is 0. The second-order valence-corrected chi connectivity index (χ2v) is 5.33. The minimum absolute atomic E-state index is 0.793. The Labute approximate surface area is 115 Å². The first-order valence-corrected chi connectivity index (χ1v) is 6.70. The van der Waals surface area contributed by atoms with E-state index in [1.807, 2.05) is 7.05 Å². The number of nitrogens with zero attached hydrogens (tertiary/aromatic N) is 2. The van der Waals surface area contributed by atoms with Gasteiger partial charge in [0, 0.05) is 18.3 Å². The summed E-state index contributed by atoms with van der Waals surface area (Å²) < 4.78 is 2.17. The molecule has 2 aromatic rings. The number of hydrogen-bond acceptors (Lipinski definition) is 2. The second kappa shape index (κ2) is 5.17. The number of aryl methyl sites for hydroxylation is 3. The van der Waals surface area contributed by atoms with Gasteiger partial charge in [0.1, 0.15) is 5.82 Å². The molecule has 1 heterocycles. The first-order chi connectivity index (χ1) is 8.95. The Hall–Kier alpha value is -1.61. The Morgan fingerprint density at radius 2 is 1.68 bits per heavy atom. The molecule has 0 aliphatic heterocycles. The highest BCUT2D eigenvalue weighted by molar-refractivity contribution is 5.70. The number of aromatic nitrogens is 2. The molecule has 0 aliphatic rings. The Kier molecular flexibility index (Phi) is 3.76. The van der Waals surface area contributed by atoms with Crippen molar-refractivity contribution in [3.05, 3.63) is 40.3 Å². The average molecular weight is 257 g/mol. The van der Waals surface area contributed by atoms with Crippen molar-refractivity contribution in [2.24, 2.45) is 7.05 Å². The average Bonchev–Trinajstić information content (AvgIpc) is 2.57. The van der Waals surface area contributed by atoms with Crippen molar-refractivity contribution >= 4 is 0 Å². The maximum absolute atomic E-state index is 4.82. The lowest BCUT2D eigenvalue weighted by molar-refractivity contribution is 0.701. The van der Waals surface area contributed by atoms with Gasteiger partial charge in [0.25, 0.3) is 0 Å². The molecule has 1 N–H and O–H groups in total. The lowest BCUT2D eigenvalue weighted by Gasteiger charge is -2.10. The highest BCUT2D eigenvalue weighted by atomic mass is 15.1. The Bertz CT molecular complexity index is 586. The van der Waals surface area contributed by atoms with Crippen molar-refractivity contribution in [2.45, 2.75) is 34.2 Å². The summed E-state index contributed by atoms with van der Waals surface area (Å²) in [5, 5.41) is 3.17. The van der Waals surface area contributed by atoms with Gasteiger partial charge < -0.3 is 9.88 Å². The fraction of sp³-hybridized carbons (Fsp3) is 0.438. The zero-order valence-corrected chi connectivity index (χ0v) is 12.8. The Balaban J connectivity index is 2.63. The van der Waals surface area contributed by atoms with Gasteiger partial charge in [-0.05, 0) is 45.9 Å². The van der Waals surface area contributed by atoms with E-state index in [4.69, 9.17) is 4.98 Å². The Morgan fingerprint density at radius 1 is 1.11 bits per heavy atom. The molecule has 0 spiro atoms. The van der Waals surface area contributed by atoms with Crippen LogP contribution in [0.2, 0.25) is 0 Å². The number of benzene rings is 1. The topological polar surface area (TPSA) is 29.9 Å². The van der Waals surface area contributed by atoms with E-state index in [-0.39, 0.29) is 0 Å². The first kappa shape index (κ1) is 13.8. The van der Waals surface area contributed by atoms with Gasteiger partial charge in [-0.3, -0.25) is 0 Å². The van der Waals surface area contributed by atoms with Crippen LogP contribution in [0.1, 0.15) is 28.2 Å². The zero-order chi connectivity index (χ0) is 14.2. The van der Waals surface area contributed by atoms with Gasteiger partial charge in [-0.1, -0.05) is 17.7 Å². The van der Waals surface area contributed by atoms with E-state index in [2.05, 4.69) is 56.8 Å². The SMILES string of the molecule is CNCc1nc(-c2c(C)cc(C)cc2C)c(C)n1C. The third-order valence-electron chi connectivity index (χ3n) is 3.72. The van der Waals surface area contributed by atoms with Crippen molar-refractivity contribution < 1.29 is 0 Å². The highest BCUT2D eigenvalue weighted by Gasteiger charge is 2.16. The van der Waals surface area contributed by atoms with Crippen molar-refractivity contribution in [1.82, 2.24) is 14.9 Å². The predicted octanol–water partition coefficient (Wildman–Crippen LogP) is 3.04. The van der Waals surface area contributed by atoms with Crippen molar-refractivity contribution in [3.8, 4) is 11.3 Å². The smallest absolute Gasteiger partial charge is 0.123 e. The van der Waals surface area contributed by atoms with Gasteiger partial charge in [0.2, 0.25) is 0 Å². The maximum atomic E-state index is 4.82. The molecule has 3 heteroatoms. The summed E-state index contributed by atoms with van der Waals surface area (Å²) in [6.45, 7) is 9.41. The van der Waals surface area contributed by atoms with E-state index >= 15 is 0 Å². The third kappa shape index (κ3) is 2.43. The van der Waals surface area contributed by atoms with Crippen LogP contribution in [0.15, 0.2) is 12.1 Å². The van der Waals surface area contributed by atoms with Gasteiger partial charge in [-0.25, -0.2) is 4.98 Å². The van der Waals surface area contributed by atoms with Crippen LogP contribution in [0.3, 0.4) is 0 Å². The van der Waals surface area contributed by atoms with Crippen molar-refractivity contribution in [2.75, 3.05) is 7.05 Å². The van der Waals surface area contributed by atoms with Crippen LogP contribution in [-0.2, 0) is 13.6 Å². The van der Waals surface area contributed by atoms with E-state index in [0.29, 0.717) is 0 Å². The molecule has 102 valence electrons. The monoisotopic (exact) mass is 257 g/mol. The molecule has 0 atom stereocenters. The van der Waals surface area contributed by atoms with E-state index in [1.165, 1.54) is 27.9 Å². The number of hydrogen-bond donors (Lipinski definition) is 1. The lowest BCUT2D eigenvalue weighted by atomic mass is 9.96. The molecule has 0 fully saturated rings. The van der Waals surface area contributed by atoms with Crippen molar-refractivity contribution in [1.29, 1.82) is 0 Å². The minimum Gasteiger partial charge on any atom is -0.334 e. The summed E-state index contributed by atoms with van der Waals surface area (Å²) in [5.41, 5.74) is 7.52.